The van der Waals surface area contributed by atoms with E-state index in [1.54, 1.807) is 0 Å². The van der Waals surface area contributed by atoms with Crippen LogP contribution in [-0.4, -0.2) is 18.4 Å². The van der Waals surface area contributed by atoms with Gasteiger partial charge in [-0.1, -0.05) is 0 Å². The van der Waals surface area contributed by atoms with Gasteiger partial charge in [-0.2, -0.15) is 0 Å². The molecule has 0 aliphatic heterocycles. The summed E-state index contributed by atoms with van der Waals surface area (Å²) < 4.78 is 5.47. The van der Waals surface area contributed by atoms with Crippen molar-refractivity contribution in [2.45, 2.75) is 55.4 Å². The first-order valence-electron chi connectivity index (χ1n) is 31.2. The van der Waals surface area contributed by atoms with E-state index < -0.39 is 18.4 Å². The van der Waals surface area contributed by atoms with Crippen molar-refractivity contribution in [1.29, 1.82) is 0 Å². The molecular weight excluding hydrogens is 1180 g/mol. The topological polar surface area (TPSA) is 0 Å². The van der Waals surface area contributed by atoms with Gasteiger partial charge in [0.25, 0.3) is 0 Å². The molecule has 0 spiro atoms. The van der Waals surface area contributed by atoms with Gasteiger partial charge in [-0.15, -0.1) is 0 Å². The molecule has 432 valence electrons. The number of hydrogen-bond donors (Lipinski definition) is 0. The third-order valence-corrected chi connectivity index (χ3v) is 31.2. The number of benzene rings is 12. The third-order valence-electron chi connectivity index (χ3n) is 17.5. The minimum absolute atomic E-state index is 1.17. The molecule has 0 aromatic heterocycles. The molecule has 12 aromatic carbocycles. The van der Waals surface area contributed by atoms with E-state index in [2.05, 4.69) is 371 Å². The SMILES string of the molecule is Cc1ccc(/C=C(/c2ccc(C)cc2)c2cc[c]([Sn]([c]3ccc(/C(=C\c4ccc(C)cc4)c4ccc(C)cc4)cc3)([c]3ccc(/C(=C\c4ccc(C)cc4)c4ccc(C)cc4)cc3)[c]3ccc(/C(=C\c4ccc(C)cc4)c4ccc(C)cc4)cc3)cc2)cc1. The Hall–Kier alpha value is -9.60. The van der Waals surface area contributed by atoms with Crippen LogP contribution >= 0.6 is 0 Å². The van der Waals surface area contributed by atoms with Gasteiger partial charge in [0.05, 0.1) is 0 Å². The molecule has 0 bridgehead atoms. The van der Waals surface area contributed by atoms with Crippen molar-refractivity contribution in [2.75, 3.05) is 0 Å². The molecule has 12 aromatic rings. The third kappa shape index (κ3) is 13.8. The van der Waals surface area contributed by atoms with Crippen LogP contribution in [0, 0.1) is 55.4 Å². The van der Waals surface area contributed by atoms with Gasteiger partial charge in [-0.25, -0.2) is 0 Å². The first-order valence-corrected chi connectivity index (χ1v) is 36.9. The van der Waals surface area contributed by atoms with Gasteiger partial charge in [0.15, 0.2) is 0 Å². The Bertz CT molecular complexity index is 3900. The zero-order valence-corrected chi connectivity index (χ0v) is 55.4. The van der Waals surface area contributed by atoms with Crippen LogP contribution < -0.4 is 14.3 Å². The van der Waals surface area contributed by atoms with Crippen molar-refractivity contribution in [1.82, 2.24) is 0 Å². The van der Waals surface area contributed by atoms with Crippen molar-refractivity contribution in [3.8, 4) is 0 Å². The molecule has 0 saturated heterocycles. The second-order valence-corrected chi connectivity index (χ2v) is 35.3. The zero-order valence-electron chi connectivity index (χ0n) is 52.5. The molecule has 0 fully saturated rings. The molecule has 12 rings (SSSR count). The van der Waals surface area contributed by atoms with Gasteiger partial charge >= 0.3 is 537 Å². The van der Waals surface area contributed by atoms with Crippen molar-refractivity contribution < 1.29 is 0 Å². The van der Waals surface area contributed by atoms with Gasteiger partial charge in [0.2, 0.25) is 0 Å². The number of hydrogen-bond acceptors (Lipinski definition) is 0. The standard InChI is InChI=1S/4C22H19.Sn/c4*1-17-8-12-19(13-9-17)16-22(20-6-4-3-5-7-20)21-14-10-18(2)11-15-21;/h4*4-16H,1-2H3;/b4*22-16+;. The predicted octanol–water partition coefficient (Wildman–Crippen LogP) is 19.9. The van der Waals surface area contributed by atoms with E-state index in [4.69, 9.17) is 0 Å². The molecule has 0 N–H and O–H groups in total. The summed E-state index contributed by atoms with van der Waals surface area (Å²) in [5.74, 6) is 0. The molecule has 1 heteroatoms. The van der Waals surface area contributed by atoms with E-state index in [-0.39, 0.29) is 0 Å². The van der Waals surface area contributed by atoms with Crippen LogP contribution in [-0.2, 0) is 0 Å². The summed E-state index contributed by atoms with van der Waals surface area (Å²) in [6, 6.07) is 111. The van der Waals surface area contributed by atoms with Crippen LogP contribution in [0.15, 0.2) is 291 Å². The Balaban J connectivity index is 1.10. The van der Waals surface area contributed by atoms with E-state index in [9.17, 15) is 0 Å². The minimum atomic E-state index is -4.54. The Morgan fingerprint density at radius 2 is 0.292 bits per heavy atom. The van der Waals surface area contributed by atoms with E-state index in [1.165, 1.54) is 148 Å². The van der Waals surface area contributed by atoms with Gasteiger partial charge < -0.3 is 0 Å². The van der Waals surface area contributed by atoms with Gasteiger partial charge in [-0.05, 0) is 0 Å². The maximum atomic E-state index is 2.48. The Labute approximate surface area is 533 Å². The second-order valence-electron chi connectivity index (χ2n) is 24.4. The molecule has 0 heterocycles. The van der Waals surface area contributed by atoms with Crippen LogP contribution in [0.2, 0.25) is 0 Å². The van der Waals surface area contributed by atoms with Crippen molar-refractivity contribution >= 4 is 79.3 Å². The zero-order chi connectivity index (χ0) is 61.4. The fraction of sp³-hybridized carbons (Fsp3) is 0.0909. The first kappa shape index (κ1) is 59.7. The number of rotatable bonds is 16. The van der Waals surface area contributed by atoms with Gasteiger partial charge in [-0.3, -0.25) is 0 Å². The molecule has 0 atom stereocenters. The van der Waals surface area contributed by atoms with E-state index >= 15 is 0 Å². The summed E-state index contributed by atoms with van der Waals surface area (Å²) in [6.45, 7) is 17.3. The van der Waals surface area contributed by atoms with Gasteiger partial charge in [0.1, 0.15) is 0 Å². The molecule has 0 nitrogen and oxygen atoms in total. The fourth-order valence-corrected chi connectivity index (χ4v) is 25.5. The van der Waals surface area contributed by atoms with Crippen molar-refractivity contribution in [3.05, 3.63) is 402 Å². The molecule has 89 heavy (non-hydrogen) atoms. The molecule has 0 amide bonds. The second kappa shape index (κ2) is 26.8. The van der Waals surface area contributed by atoms with Crippen LogP contribution in [0.1, 0.15) is 111 Å². The van der Waals surface area contributed by atoms with Crippen LogP contribution in [0.3, 0.4) is 0 Å². The molecule has 0 aliphatic carbocycles. The van der Waals surface area contributed by atoms with Crippen LogP contribution in [0.5, 0.6) is 0 Å². The summed E-state index contributed by atoms with van der Waals surface area (Å²) in [6.07, 6.45) is 9.42. The molecule has 0 radical (unpaired) electrons. The normalized spacial score (nSPS) is 12.3. The van der Waals surface area contributed by atoms with Gasteiger partial charge in [0, 0.05) is 0 Å². The number of aryl methyl sites for hydroxylation is 8. The first-order chi connectivity index (χ1) is 43.3. The monoisotopic (exact) mass is 1250 g/mol. The molecular formula is C88H76Sn. The Morgan fingerprint density at radius 1 is 0.169 bits per heavy atom. The average molecular weight is 1250 g/mol. The van der Waals surface area contributed by atoms with Crippen LogP contribution in [0.4, 0.5) is 0 Å². The van der Waals surface area contributed by atoms with Crippen molar-refractivity contribution in [2.24, 2.45) is 0 Å². The van der Waals surface area contributed by atoms with Crippen molar-refractivity contribution in [3.63, 3.8) is 0 Å². The van der Waals surface area contributed by atoms with E-state index in [0.29, 0.717) is 0 Å². The summed E-state index contributed by atoms with van der Waals surface area (Å²) in [5, 5.41) is 0. The average Bonchev–Trinajstić information content (AvgIpc) is 0.856. The maximum absolute atomic E-state index is 4.54. The summed E-state index contributed by atoms with van der Waals surface area (Å²) >= 11 is -4.54. The molecule has 0 saturated carbocycles. The summed E-state index contributed by atoms with van der Waals surface area (Å²) in [7, 11) is 0. The Kier molecular flexibility index (Phi) is 18.0. The fourth-order valence-electron chi connectivity index (χ4n) is 12.2. The molecule has 0 unspecified atom stereocenters. The van der Waals surface area contributed by atoms with E-state index in [0.717, 1.165) is 0 Å². The summed E-state index contributed by atoms with van der Waals surface area (Å²) in [4.78, 5) is 0. The van der Waals surface area contributed by atoms with E-state index in [1.807, 2.05) is 0 Å². The quantitative estimate of drug-likeness (QED) is 0.0668. The Morgan fingerprint density at radius 3 is 0.438 bits per heavy atom. The summed E-state index contributed by atoms with van der Waals surface area (Å²) in [5.41, 5.74) is 28.9. The predicted molar refractivity (Wildman–Crippen MR) is 387 cm³/mol. The molecule has 0 aliphatic rings. The van der Waals surface area contributed by atoms with Crippen LogP contribution in [0.25, 0.3) is 46.6 Å².